The fraction of sp³-hybridized carbons (Fsp3) is 0.310. The maximum atomic E-state index is 11.8. The van der Waals surface area contributed by atoms with Gasteiger partial charge in [-0.1, -0.05) is 12.1 Å². The van der Waals surface area contributed by atoms with Gasteiger partial charge in [-0.2, -0.15) is 0 Å². The highest BCUT2D eigenvalue weighted by atomic mass is 16.1. The standard InChI is InChI=1S/C29H33N5O/c1-17-14-21(6-9-26(17)34-12-10-33(5)11-13-34)24-15-31-29-27(20(24)4)25(16-32-29)22-7-8-23(28(30)35)19(3)18(22)2/h6-9,14-16H,10-13H2,1-5H3,(H2,30,35)(H,31,32). The Balaban J connectivity index is 1.57. The Bertz CT molecular complexity index is 1440. The number of piperazine rings is 1. The third kappa shape index (κ3) is 3.98. The fourth-order valence-electron chi connectivity index (χ4n) is 5.36. The molecule has 1 fully saturated rings. The molecule has 5 rings (SSSR count). The first kappa shape index (κ1) is 23.1. The number of aryl methyl sites for hydroxylation is 2. The first-order chi connectivity index (χ1) is 16.8. The Labute approximate surface area is 206 Å². The number of amides is 1. The van der Waals surface area contributed by atoms with Gasteiger partial charge in [-0.25, -0.2) is 4.98 Å². The van der Waals surface area contributed by atoms with Gasteiger partial charge in [0.2, 0.25) is 5.91 Å². The van der Waals surface area contributed by atoms with Crippen LogP contribution in [0.2, 0.25) is 0 Å². The summed E-state index contributed by atoms with van der Waals surface area (Å²) in [7, 11) is 2.18. The molecule has 0 aliphatic carbocycles. The molecule has 0 spiro atoms. The van der Waals surface area contributed by atoms with Gasteiger partial charge in [-0.3, -0.25) is 4.79 Å². The highest BCUT2D eigenvalue weighted by Gasteiger charge is 2.19. The summed E-state index contributed by atoms with van der Waals surface area (Å²) in [6.45, 7) is 12.7. The van der Waals surface area contributed by atoms with Crippen LogP contribution in [0.15, 0.2) is 42.7 Å². The van der Waals surface area contributed by atoms with Crippen molar-refractivity contribution in [2.45, 2.75) is 27.7 Å². The van der Waals surface area contributed by atoms with E-state index in [1.54, 1.807) is 0 Å². The summed E-state index contributed by atoms with van der Waals surface area (Å²) >= 11 is 0. The smallest absolute Gasteiger partial charge is 0.248 e. The number of anilines is 1. The van der Waals surface area contributed by atoms with Crippen LogP contribution in [-0.2, 0) is 0 Å². The molecule has 6 nitrogen and oxygen atoms in total. The van der Waals surface area contributed by atoms with E-state index in [4.69, 9.17) is 10.7 Å². The number of aromatic amines is 1. The lowest BCUT2D eigenvalue weighted by atomic mass is 9.91. The molecule has 1 aliphatic heterocycles. The van der Waals surface area contributed by atoms with E-state index in [1.807, 2.05) is 38.4 Å². The zero-order valence-corrected chi connectivity index (χ0v) is 21.2. The van der Waals surface area contributed by atoms with Crippen molar-refractivity contribution in [3.05, 3.63) is 70.5 Å². The van der Waals surface area contributed by atoms with Crippen LogP contribution in [-0.4, -0.2) is 54.0 Å². The van der Waals surface area contributed by atoms with Crippen LogP contribution in [0.5, 0.6) is 0 Å². The quantitative estimate of drug-likeness (QED) is 0.444. The molecular weight excluding hydrogens is 434 g/mol. The fourth-order valence-corrected chi connectivity index (χ4v) is 5.36. The van der Waals surface area contributed by atoms with Crippen LogP contribution in [0, 0.1) is 27.7 Å². The van der Waals surface area contributed by atoms with Crippen LogP contribution in [0.25, 0.3) is 33.3 Å². The largest absolute Gasteiger partial charge is 0.369 e. The molecule has 0 radical (unpaired) electrons. The van der Waals surface area contributed by atoms with Crippen molar-refractivity contribution in [3.63, 3.8) is 0 Å². The van der Waals surface area contributed by atoms with E-state index >= 15 is 0 Å². The average Bonchev–Trinajstić information content (AvgIpc) is 3.26. The van der Waals surface area contributed by atoms with E-state index in [9.17, 15) is 4.79 Å². The van der Waals surface area contributed by atoms with Crippen LogP contribution in [0.4, 0.5) is 5.69 Å². The highest BCUT2D eigenvalue weighted by molar-refractivity contribution is 6.01. The molecule has 1 aliphatic rings. The summed E-state index contributed by atoms with van der Waals surface area (Å²) in [6.07, 6.45) is 3.98. The number of primary amides is 1. The number of rotatable bonds is 4. The predicted octanol–water partition coefficient (Wildman–Crippen LogP) is 4.98. The van der Waals surface area contributed by atoms with Crippen LogP contribution < -0.4 is 10.6 Å². The van der Waals surface area contributed by atoms with E-state index < -0.39 is 5.91 Å². The van der Waals surface area contributed by atoms with Gasteiger partial charge in [-0.05, 0) is 86.3 Å². The maximum Gasteiger partial charge on any atom is 0.248 e. The summed E-state index contributed by atoms with van der Waals surface area (Å²) in [5.74, 6) is -0.397. The van der Waals surface area contributed by atoms with Crippen molar-refractivity contribution in [2.24, 2.45) is 5.73 Å². The summed E-state index contributed by atoms with van der Waals surface area (Å²) in [4.78, 5) is 24.8. The minimum atomic E-state index is -0.397. The van der Waals surface area contributed by atoms with Gasteiger partial charge >= 0.3 is 0 Å². The molecule has 2 aromatic carbocycles. The zero-order valence-electron chi connectivity index (χ0n) is 21.2. The molecule has 2 aromatic heterocycles. The van der Waals surface area contributed by atoms with Crippen molar-refractivity contribution in [2.75, 3.05) is 38.1 Å². The van der Waals surface area contributed by atoms with Gasteiger partial charge in [-0.15, -0.1) is 0 Å². The molecule has 6 heteroatoms. The van der Waals surface area contributed by atoms with E-state index in [0.717, 1.165) is 65.0 Å². The number of fused-ring (bicyclic) bond motifs is 1. The first-order valence-electron chi connectivity index (χ1n) is 12.2. The summed E-state index contributed by atoms with van der Waals surface area (Å²) in [5.41, 5.74) is 17.3. The number of aromatic nitrogens is 2. The molecule has 4 aromatic rings. The second-order valence-electron chi connectivity index (χ2n) is 9.79. The predicted molar refractivity (Wildman–Crippen MR) is 144 cm³/mol. The Morgan fingerprint density at radius 1 is 0.914 bits per heavy atom. The second-order valence-corrected chi connectivity index (χ2v) is 9.79. The molecule has 35 heavy (non-hydrogen) atoms. The summed E-state index contributed by atoms with van der Waals surface area (Å²) in [6, 6.07) is 10.6. The van der Waals surface area contributed by atoms with Crippen molar-refractivity contribution in [1.29, 1.82) is 0 Å². The van der Waals surface area contributed by atoms with Crippen LogP contribution in [0.3, 0.4) is 0 Å². The van der Waals surface area contributed by atoms with E-state index in [-0.39, 0.29) is 0 Å². The van der Waals surface area contributed by atoms with Gasteiger partial charge in [0.25, 0.3) is 0 Å². The SMILES string of the molecule is Cc1cc(-c2cnc3[nH]cc(-c4ccc(C(N)=O)c(C)c4C)c3c2C)ccc1N1CCN(C)CC1. The average molecular weight is 468 g/mol. The molecule has 0 unspecified atom stereocenters. The molecule has 1 saturated heterocycles. The van der Waals surface area contributed by atoms with Crippen molar-refractivity contribution in [1.82, 2.24) is 14.9 Å². The van der Waals surface area contributed by atoms with E-state index in [1.165, 1.54) is 22.4 Å². The number of likely N-dealkylation sites (N-methyl/N-ethyl adjacent to an activating group) is 1. The second kappa shape index (κ2) is 8.86. The van der Waals surface area contributed by atoms with Crippen LogP contribution >= 0.6 is 0 Å². The number of nitrogens with zero attached hydrogens (tertiary/aromatic N) is 3. The monoisotopic (exact) mass is 467 g/mol. The van der Waals surface area contributed by atoms with Gasteiger partial charge in [0.15, 0.2) is 0 Å². The molecule has 0 saturated carbocycles. The number of benzene rings is 2. The number of nitrogens with one attached hydrogen (secondary N) is 1. The summed E-state index contributed by atoms with van der Waals surface area (Å²) < 4.78 is 0. The topological polar surface area (TPSA) is 78.2 Å². The lowest BCUT2D eigenvalue weighted by molar-refractivity contribution is 0.0999. The number of hydrogen-bond acceptors (Lipinski definition) is 4. The van der Waals surface area contributed by atoms with Crippen molar-refractivity contribution >= 4 is 22.6 Å². The molecule has 180 valence electrons. The van der Waals surface area contributed by atoms with Gasteiger partial charge in [0.05, 0.1) is 0 Å². The van der Waals surface area contributed by atoms with Crippen LogP contribution in [0.1, 0.15) is 32.6 Å². The lowest BCUT2D eigenvalue weighted by Crippen LogP contribution is -2.44. The molecule has 3 N–H and O–H groups in total. The molecule has 0 bridgehead atoms. The third-order valence-electron chi connectivity index (χ3n) is 7.66. The normalized spacial score (nSPS) is 14.6. The minimum absolute atomic E-state index is 0.397. The first-order valence-corrected chi connectivity index (χ1v) is 12.2. The minimum Gasteiger partial charge on any atom is -0.369 e. The molecule has 1 amide bonds. The van der Waals surface area contributed by atoms with Crippen molar-refractivity contribution < 1.29 is 4.79 Å². The van der Waals surface area contributed by atoms with Crippen molar-refractivity contribution in [3.8, 4) is 22.3 Å². The molecule has 3 heterocycles. The number of nitrogens with two attached hydrogens (primary N) is 1. The lowest BCUT2D eigenvalue weighted by Gasteiger charge is -2.35. The maximum absolute atomic E-state index is 11.8. The highest BCUT2D eigenvalue weighted by Crippen LogP contribution is 2.38. The zero-order chi connectivity index (χ0) is 24.9. The summed E-state index contributed by atoms with van der Waals surface area (Å²) in [5, 5.41) is 1.11. The van der Waals surface area contributed by atoms with Gasteiger partial charge < -0.3 is 20.5 Å². The Morgan fingerprint density at radius 2 is 1.66 bits per heavy atom. The van der Waals surface area contributed by atoms with E-state index in [0.29, 0.717) is 5.56 Å². The molecular formula is C29H33N5O. The van der Waals surface area contributed by atoms with E-state index in [2.05, 4.69) is 53.9 Å². The third-order valence-corrected chi connectivity index (χ3v) is 7.66. The number of pyridine rings is 1. The number of carbonyl (C=O) groups is 1. The number of H-pyrrole nitrogens is 1. The Kier molecular flexibility index (Phi) is 5.85. The molecule has 0 atom stereocenters. The number of hydrogen-bond donors (Lipinski definition) is 2. The Hall–Kier alpha value is -3.64. The van der Waals surface area contributed by atoms with Gasteiger partial charge in [0.1, 0.15) is 5.65 Å². The number of carbonyl (C=O) groups excluding carboxylic acids is 1. The van der Waals surface area contributed by atoms with Gasteiger partial charge in [0, 0.05) is 66.3 Å². The Morgan fingerprint density at radius 3 is 2.34 bits per heavy atom.